The number of unbranched alkanes of at least 4 members (excludes halogenated alkanes) is 3. The number of aliphatic hydroxyl groups excluding tert-OH is 2. The quantitative estimate of drug-likeness (QED) is 0.556. The molecule has 1 unspecified atom stereocenters. The fourth-order valence-electron chi connectivity index (χ4n) is 1.10. The third-order valence-corrected chi connectivity index (χ3v) is 1.85. The first-order valence-electron chi connectivity index (χ1n) is 4.60. The molecule has 68 valence electrons. The Kier molecular flexibility index (Phi) is 7.96. The summed E-state index contributed by atoms with van der Waals surface area (Å²) >= 11 is 0. The lowest BCUT2D eigenvalue weighted by Crippen LogP contribution is -2.08. The van der Waals surface area contributed by atoms with Crippen LogP contribution in [0.4, 0.5) is 0 Å². The van der Waals surface area contributed by atoms with Gasteiger partial charge in [0.15, 0.2) is 0 Å². The zero-order chi connectivity index (χ0) is 8.53. The first kappa shape index (κ1) is 10.9. The molecule has 0 aliphatic carbocycles. The van der Waals surface area contributed by atoms with Crippen molar-refractivity contribution in [2.24, 2.45) is 0 Å². The molecule has 1 atom stereocenters. The lowest BCUT2D eigenvalue weighted by Gasteiger charge is -2.07. The first-order chi connectivity index (χ1) is 5.31. The summed E-state index contributed by atoms with van der Waals surface area (Å²) in [6.07, 6.45) is 5.89. The Bertz CT molecular complexity index is 74.0. The molecule has 0 heterocycles. The maximum absolute atomic E-state index is 9.19. The Balaban J connectivity index is 2.97. The zero-order valence-corrected chi connectivity index (χ0v) is 7.42. The van der Waals surface area contributed by atoms with Crippen LogP contribution in [0.1, 0.15) is 45.4 Å². The molecule has 11 heavy (non-hydrogen) atoms. The fraction of sp³-hybridized carbons (Fsp3) is 1.00. The molecule has 0 bridgehead atoms. The molecule has 2 heteroatoms. The molecule has 0 radical (unpaired) electrons. The van der Waals surface area contributed by atoms with Gasteiger partial charge >= 0.3 is 0 Å². The Hall–Kier alpha value is -0.0800. The Morgan fingerprint density at radius 1 is 1.09 bits per heavy atom. The van der Waals surface area contributed by atoms with Gasteiger partial charge in [-0.25, -0.2) is 0 Å². The third kappa shape index (κ3) is 7.82. The number of aliphatic hydroxyl groups is 2. The molecule has 0 aromatic rings. The van der Waals surface area contributed by atoms with Crippen LogP contribution in [0.15, 0.2) is 0 Å². The van der Waals surface area contributed by atoms with Gasteiger partial charge in [-0.05, 0) is 12.8 Å². The molecule has 2 N–H and O–H groups in total. The van der Waals surface area contributed by atoms with Crippen molar-refractivity contribution in [1.82, 2.24) is 0 Å². The van der Waals surface area contributed by atoms with E-state index in [4.69, 9.17) is 5.11 Å². The highest BCUT2D eigenvalue weighted by molar-refractivity contribution is 4.54. The van der Waals surface area contributed by atoms with E-state index in [2.05, 4.69) is 6.92 Å². The van der Waals surface area contributed by atoms with Crippen molar-refractivity contribution in [3.8, 4) is 0 Å². The van der Waals surface area contributed by atoms with Crippen molar-refractivity contribution >= 4 is 0 Å². The van der Waals surface area contributed by atoms with Gasteiger partial charge in [-0.2, -0.15) is 0 Å². The van der Waals surface area contributed by atoms with E-state index in [1.54, 1.807) is 0 Å². The highest BCUT2D eigenvalue weighted by Crippen LogP contribution is 2.06. The minimum atomic E-state index is -0.281. The van der Waals surface area contributed by atoms with Gasteiger partial charge in [0.05, 0.1) is 6.10 Å². The van der Waals surface area contributed by atoms with Crippen LogP contribution >= 0.6 is 0 Å². The second-order valence-corrected chi connectivity index (χ2v) is 3.02. The molecule has 0 aliphatic rings. The number of hydrogen-bond donors (Lipinski definition) is 2. The smallest absolute Gasteiger partial charge is 0.0562 e. The fourth-order valence-corrected chi connectivity index (χ4v) is 1.10. The highest BCUT2D eigenvalue weighted by Gasteiger charge is 2.01. The van der Waals surface area contributed by atoms with Gasteiger partial charge in [-0.3, -0.25) is 0 Å². The maximum atomic E-state index is 9.19. The van der Waals surface area contributed by atoms with E-state index in [0.717, 1.165) is 12.8 Å². The average Bonchev–Trinajstić information content (AvgIpc) is 1.99. The van der Waals surface area contributed by atoms with Gasteiger partial charge < -0.3 is 10.2 Å². The minimum absolute atomic E-state index is 0.106. The van der Waals surface area contributed by atoms with E-state index in [-0.39, 0.29) is 12.7 Å². The summed E-state index contributed by atoms with van der Waals surface area (Å²) in [7, 11) is 0. The second-order valence-electron chi connectivity index (χ2n) is 3.02. The van der Waals surface area contributed by atoms with Gasteiger partial charge in [-0.1, -0.05) is 32.6 Å². The van der Waals surface area contributed by atoms with Gasteiger partial charge in [0.2, 0.25) is 0 Å². The SMILES string of the molecule is CCCCCCC(O)CCO. The van der Waals surface area contributed by atoms with Gasteiger partial charge in [-0.15, -0.1) is 0 Å². The van der Waals surface area contributed by atoms with Crippen LogP contribution in [-0.2, 0) is 0 Å². The molecule has 0 spiro atoms. The Morgan fingerprint density at radius 2 is 1.82 bits per heavy atom. The number of hydrogen-bond acceptors (Lipinski definition) is 2. The van der Waals surface area contributed by atoms with E-state index in [1.165, 1.54) is 19.3 Å². The zero-order valence-electron chi connectivity index (χ0n) is 7.42. The third-order valence-electron chi connectivity index (χ3n) is 1.85. The predicted molar refractivity (Wildman–Crippen MR) is 46.5 cm³/mol. The minimum Gasteiger partial charge on any atom is -0.396 e. The maximum Gasteiger partial charge on any atom is 0.0562 e. The number of rotatable bonds is 7. The van der Waals surface area contributed by atoms with Crippen LogP contribution in [0.5, 0.6) is 0 Å². The standard InChI is InChI=1S/C9H20O2/c1-2-3-4-5-6-9(11)7-8-10/h9-11H,2-8H2,1H3. The Labute approximate surface area is 69.2 Å². The van der Waals surface area contributed by atoms with Crippen molar-refractivity contribution in [1.29, 1.82) is 0 Å². The monoisotopic (exact) mass is 160 g/mol. The molecule has 0 saturated carbocycles. The normalized spacial score (nSPS) is 13.4. The lowest BCUT2D eigenvalue weighted by atomic mass is 10.1. The van der Waals surface area contributed by atoms with E-state index >= 15 is 0 Å². The molecule has 0 aliphatic heterocycles. The van der Waals surface area contributed by atoms with Crippen LogP contribution < -0.4 is 0 Å². The van der Waals surface area contributed by atoms with Crippen molar-refractivity contribution in [2.45, 2.75) is 51.6 Å². The van der Waals surface area contributed by atoms with Crippen LogP contribution in [0.3, 0.4) is 0 Å². The van der Waals surface area contributed by atoms with Crippen molar-refractivity contribution in [2.75, 3.05) is 6.61 Å². The van der Waals surface area contributed by atoms with E-state index in [0.29, 0.717) is 6.42 Å². The van der Waals surface area contributed by atoms with Gasteiger partial charge in [0.25, 0.3) is 0 Å². The molecular formula is C9H20O2. The lowest BCUT2D eigenvalue weighted by molar-refractivity contribution is 0.122. The molecule has 0 amide bonds. The van der Waals surface area contributed by atoms with Crippen molar-refractivity contribution in [3.05, 3.63) is 0 Å². The molecule has 0 aromatic carbocycles. The summed E-state index contributed by atoms with van der Waals surface area (Å²) in [6.45, 7) is 2.28. The first-order valence-corrected chi connectivity index (χ1v) is 4.60. The Morgan fingerprint density at radius 3 is 2.36 bits per heavy atom. The molecule has 0 aromatic heterocycles. The molecule has 0 fully saturated rings. The summed E-state index contributed by atoms with van der Waals surface area (Å²) in [5, 5.41) is 17.7. The predicted octanol–water partition coefficient (Wildman–Crippen LogP) is 1.70. The summed E-state index contributed by atoms with van der Waals surface area (Å²) in [5.41, 5.74) is 0. The highest BCUT2D eigenvalue weighted by atomic mass is 16.3. The summed E-state index contributed by atoms with van der Waals surface area (Å²) in [4.78, 5) is 0. The molecule has 0 rings (SSSR count). The summed E-state index contributed by atoms with van der Waals surface area (Å²) < 4.78 is 0. The summed E-state index contributed by atoms with van der Waals surface area (Å²) in [6, 6.07) is 0. The molecule has 2 nitrogen and oxygen atoms in total. The van der Waals surface area contributed by atoms with Crippen LogP contribution in [-0.4, -0.2) is 22.9 Å². The van der Waals surface area contributed by atoms with Crippen molar-refractivity contribution in [3.63, 3.8) is 0 Å². The van der Waals surface area contributed by atoms with Crippen LogP contribution in [0.25, 0.3) is 0 Å². The average molecular weight is 160 g/mol. The van der Waals surface area contributed by atoms with E-state index in [9.17, 15) is 5.11 Å². The van der Waals surface area contributed by atoms with Crippen LogP contribution in [0.2, 0.25) is 0 Å². The van der Waals surface area contributed by atoms with Crippen molar-refractivity contribution < 1.29 is 10.2 Å². The molecule has 0 saturated heterocycles. The van der Waals surface area contributed by atoms with Gasteiger partial charge in [0, 0.05) is 6.61 Å². The van der Waals surface area contributed by atoms with E-state index < -0.39 is 0 Å². The largest absolute Gasteiger partial charge is 0.396 e. The van der Waals surface area contributed by atoms with Gasteiger partial charge in [0.1, 0.15) is 0 Å². The second kappa shape index (κ2) is 8.02. The van der Waals surface area contributed by atoms with E-state index in [1.807, 2.05) is 0 Å². The molecular weight excluding hydrogens is 140 g/mol. The topological polar surface area (TPSA) is 40.5 Å². The summed E-state index contributed by atoms with van der Waals surface area (Å²) in [5.74, 6) is 0. The van der Waals surface area contributed by atoms with Crippen LogP contribution in [0, 0.1) is 0 Å².